The highest BCUT2D eigenvalue weighted by Crippen LogP contribution is 2.32. The van der Waals surface area contributed by atoms with Crippen molar-refractivity contribution in [1.82, 2.24) is 5.32 Å². The summed E-state index contributed by atoms with van der Waals surface area (Å²) >= 11 is 0. The van der Waals surface area contributed by atoms with Crippen molar-refractivity contribution in [3.05, 3.63) is 35.4 Å². The molecule has 0 atom stereocenters. The second-order valence-corrected chi connectivity index (χ2v) is 6.05. The van der Waals surface area contributed by atoms with Crippen LogP contribution < -0.4 is 5.32 Å². The fraction of sp³-hybridized carbons (Fsp3) is 0.647. The molecule has 0 spiro atoms. The standard InChI is InChI=1S/C17H25NO/c1-2-14(1)9-12-19-13-15-3-5-16(6-4-15)17-7-10-18-11-8-17/h3-6,14,17-18H,1-2,7-13H2. The average molecular weight is 259 g/mol. The number of rotatable bonds is 6. The van der Waals surface area contributed by atoms with Crippen molar-refractivity contribution in [2.45, 2.75) is 44.6 Å². The molecule has 2 aliphatic rings. The minimum atomic E-state index is 0.756. The Balaban J connectivity index is 1.44. The second kappa shape index (κ2) is 6.53. The van der Waals surface area contributed by atoms with Gasteiger partial charge >= 0.3 is 0 Å². The van der Waals surface area contributed by atoms with Gasteiger partial charge < -0.3 is 10.1 Å². The Morgan fingerprint density at radius 1 is 1.00 bits per heavy atom. The molecular formula is C17H25NO. The molecule has 0 radical (unpaired) electrons. The van der Waals surface area contributed by atoms with Crippen molar-refractivity contribution in [2.24, 2.45) is 5.92 Å². The Morgan fingerprint density at radius 3 is 2.42 bits per heavy atom. The summed E-state index contributed by atoms with van der Waals surface area (Å²) < 4.78 is 5.75. The lowest BCUT2D eigenvalue weighted by molar-refractivity contribution is 0.115. The first kappa shape index (κ1) is 13.1. The maximum atomic E-state index is 5.75. The summed E-state index contributed by atoms with van der Waals surface area (Å²) in [5.41, 5.74) is 2.82. The van der Waals surface area contributed by atoms with E-state index in [1.807, 2.05) is 0 Å². The van der Waals surface area contributed by atoms with Crippen LogP contribution in [0.1, 0.15) is 49.1 Å². The van der Waals surface area contributed by atoms with Gasteiger partial charge in [0.15, 0.2) is 0 Å². The third kappa shape index (κ3) is 4.05. The van der Waals surface area contributed by atoms with Crippen LogP contribution in [0, 0.1) is 5.92 Å². The van der Waals surface area contributed by atoms with E-state index in [0.717, 1.165) is 38.1 Å². The topological polar surface area (TPSA) is 21.3 Å². The Morgan fingerprint density at radius 2 is 1.74 bits per heavy atom. The van der Waals surface area contributed by atoms with Gasteiger partial charge in [-0.05, 0) is 55.3 Å². The highest BCUT2D eigenvalue weighted by molar-refractivity contribution is 5.25. The predicted octanol–water partition coefficient (Wildman–Crippen LogP) is 3.47. The van der Waals surface area contributed by atoms with Gasteiger partial charge in [-0.3, -0.25) is 0 Å². The molecule has 3 rings (SSSR count). The molecule has 1 N–H and O–H groups in total. The quantitative estimate of drug-likeness (QED) is 0.790. The molecule has 0 unspecified atom stereocenters. The lowest BCUT2D eigenvalue weighted by atomic mass is 9.90. The van der Waals surface area contributed by atoms with Crippen molar-refractivity contribution in [1.29, 1.82) is 0 Å². The maximum Gasteiger partial charge on any atom is 0.0716 e. The number of ether oxygens (including phenoxy) is 1. The largest absolute Gasteiger partial charge is 0.377 e. The number of piperidine rings is 1. The average Bonchev–Trinajstić information content (AvgIpc) is 3.29. The van der Waals surface area contributed by atoms with Crippen LogP contribution in [-0.2, 0) is 11.3 Å². The van der Waals surface area contributed by atoms with Crippen molar-refractivity contribution in [2.75, 3.05) is 19.7 Å². The molecule has 1 aliphatic heterocycles. The molecule has 2 heteroatoms. The van der Waals surface area contributed by atoms with Gasteiger partial charge in [0.2, 0.25) is 0 Å². The molecule has 1 saturated carbocycles. The van der Waals surface area contributed by atoms with Gasteiger partial charge in [-0.15, -0.1) is 0 Å². The second-order valence-electron chi connectivity index (χ2n) is 6.05. The summed E-state index contributed by atoms with van der Waals surface area (Å²) in [4.78, 5) is 0. The van der Waals surface area contributed by atoms with Crippen molar-refractivity contribution < 1.29 is 4.74 Å². The van der Waals surface area contributed by atoms with E-state index in [-0.39, 0.29) is 0 Å². The molecule has 1 aromatic carbocycles. The fourth-order valence-corrected chi connectivity index (χ4v) is 2.89. The number of nitrogens with one attached hydrogen (secondary N) is 1. The minimum absolute atomic E-state index is 0.756. The Hall–Kier alpha value is -0.860. The summed E-state index contributed by atoms with van der Waals surface area (Å²) in [6.07, 6.45) is 6.66. The Bertz CT molecular complexity index is 377. The lowest BCUT2D eigenvalue weighted by Gasteiger charge is -2.23. The highest BCUT2D eigenvalue weighted by Gasteiger charge is 2.20. The zero-order valence-corrected chi connectivity index (χ0v) is 11.7. The van der Waals surface area contributed by atoms with Crippen LogP contribution in [0.5, 0.6) is 0 Å². The fourth-order valence-electron chi connectivity index (χ4n) is 2.89. The monoisotopic (exact) mass is 259 g/mol. The molecule has 1 aromatic rings. The van der Waals surface area contributed by atoms with Gasteiger partial charge in [-0.25, -0.2) is 0 Å². The zero-order chi connectivity index (χ0) is 12.9. The summed E-state index contributed by atoms with van der Waals surface area (Å²) in [7, 11) is 0. The Labute approximate surface area is 116 Å². The third-order valence-corrected chi connectivity index (χ3v) is 4.43. The van der Waals surface area contributed by atoms with Crippen LogP contribution in [0.4, 0.5) is 0 Å². The van der Waals surface area contributed by atoms with E-state index < -0.39 is 0 Å². The van der Waals surface area contributed by atoms with E-state index in [9.17, 15) is 0 Å². The molecule has 1 heterocycles. The zero-order valence-electron chi connectivity index (χ0n) is 11.7. The molecule has 2 nitrogen and oxygen atoms in total. The van der Waals surface area contributed by atoms with E-state index in [0.29, 0.717) is 0 Å². The molecule has 0 amide bonds. The summed E-state index contributed by atoms with van der Waals surface area (Å²) in [5.74, 6) is 1.73. The van der Waals surface area contributed by atoms with Gasteiger partial charge in [0.05, 0.1) is 6.61 Å². The van der Waals surface area contributed by atoms with Gasteiger partial charge in [0, 0.05) is 6.61 Å². The molecule has 2 fully saturated rings. The first-order valence-electron chi connectivity index (χ1n) is 7.79. The summed E-state index contributed by atoms with van der Waals surface area (Å²) in [6, 6.07) is 9.09. The predicted molar refractivity (Wildman–Crippen MR) is 78.3 cm³/mol. The summed E-state index contributed by atoms with van der Waals surface area (Å²) in [6.45, 7) is 4.04. The molecule has 19 heavy (non-hydrogen) atoms. The van der Waals surface area contributed by atoms with Gasteiger partial charge in [-0.1, -0.05) is 37.1 Å². The number of hydrogen-bond acceptors (Lipinski definition) is 2. The molecule has 0 aromatic heterocycles. The van der Waals surface area contributed by atoms with Crippen molar-refractivity contribution >= 4 is 0 Å². The minimum Gasteiger partial charge on any atom is -0.377 e. The molecule has 0 bridgehead atoms. The van der Waals surface area contributed by atoms with Crippen LogP contribution in [0.25, 0.3) is 0 Å². The van der Waals surface area contributed by atoms with Crippen LogP contribution in [0.2, 0.25) is 0 Å². The number of benzene rings is 1. The maximum absolute atomic E-state index is 5.75. The van der Waals surface area contributed by atoms with Crippen LogP contribution in [-0.4, -0.2) is 19.7 Å². The van der Waals surface area contributed by atoms with Crippen molar-refractivity contribution in [3.63, 3.8) is 0 Å². The molecule has 1 saturated heterocycles. The highest BCUT2D eigenvalue weighted by atomic mass is 16.5. The van der Waals surface area contributed by atoms with Gasteiger partial charge in [-0.2, -0.15) is 0 Å². The first-order chi connectivity index (χ1) is 9.42. The molecular weight excluding hydrogens is 234 g/mol. The molecule has 104 valence electrons. The smallest absolute Gasteiger partial charge is 0.0716 e. The first-order valence-corrected chi connectivity index (χ1v) is 7.79. The lowest BCUT2D eigenvalue weighted by Crippen LogP contribution is -2.26. The van der Waals surface area contributed by atoms with Crippen LogP contribution in [0.3, 0.4) is 0 Å². The van der Waals surface area contributed by atoms with E-state index in [4.69, 9.17) is 4.74 Å². The van der Waals surface area contributed by atoms with Gasteiger partial charge in [0.1, 0.15) is 0 Å². The Kier molecular flexibility index (Phi) is 4.52. The van der Waals surface area contributed by atoms with Crippen LogP contribution in [0.15, 0.2) is 24.3 Å². The normalized spacial score (nSPS) is 20.6. The number of hydrogen-bond donors (Lipinski definition) is 1. The molecule has 1 aliphatic carbocycles. The van der Waals surface area contributed by atoms with Gasteiger partial charge in [0.25, 0.3) is 0 Å². The van der Waals surface area contributed by atoms with Crippen molar-refractivity contribution in [3.8, 4) is 0 Å². The van der Waals surface area contributed by atoms with E-state index in [1.54, 1.807) is 0 Å². The third-order valence-electron chi connectivity index (χ3n) is 4.43. The van der Waals surface area contributed by atoms with Crippen LogP contribution >= 0.6 is 0 Å². The van der Waals surface area contributed by atoms with E-state index in [1.165, 1.54) is 43.2 Å². The SMILES string of the molecule is c1cc(C2CCNCC2)ccc1COCCC1CC1. The van der Waals surface area contributed by atoms with E-state index >= 15 is 0 Å². The summed E-state index contributed by atoms with van der Waals surface area (Å²) in [5, 5.41) is 3.42. The van der Waals surface area contributed by atoms with E-state index in [2.05, 4.69) is 29.6 Å².